The first-order valence-electron chi connectivity index (χ1n) is 4.94. The van der Waals surface area contributed by atoms with E-state index in [-0.39, 0.29) is 12.5 Å². The van der Waals surface area contributed by atoms with Crippen molar-refractivity contribution < 1.29 is 9.59 Å². The molecule has 0 aliphatic rings. The summed E-state index contributed by atoms with van der Waals surface area (Å²) < 4.78 is 0. The van der Waals surface area contributed by atoms with Gasteiger partial charge in [0.15, 0.2) is 0 Å². The summed E-state index contributed by atoms with van der Waals surface area (Å²) in [5.74, 6) is -0.755. The van der Waals surface area contributed by atoms with E-state index >= 15 is 0 Å². The number of likely N-dealkylation sites (N-methyl/N-ethyl adjacent to an activating group) is 1. The predicted molar refractivity (Wildman–Crippen MR) is 62.6 cm³/mol. The molecule has 2 amide bonds. The molecule has 0 aliphatic heterocycles. The number of hydrogen-bond donors (Lipinski definition) is 2. The molecule has 0 saturated heterocycles. The predicted octanol–water partition coefficient (Wildman–Crippen LogP) is 0.562. The van der Waals surface area contributed by atoms with Gasteiger partial charge in [0.1, 0.15) is 0 Å². The summed E-state index contributed by atoms with van der Waals surface area (Å²) in [6, 6.07) is 9.40. The van der Waals surface area contributed by atoms with Crippen LogP contribution in [0.4, 0.5) is 0 Å². The van der Waals surface area contributed by atoms with Crippen molar-refractivity contribution in [3.8, 4) is 0 Å². The van der Waals surface area contributed by atoms with Gasteiger partial charge in [0.05, 0.1) is 6.54 Å². The molecular weight excluding hydrogens is 204 g/mol. The fraction of sp³-hybridized carbons (Fsp3) is 0.167. The first-order valence-corrected chi connectivity index (χ1v) is 4.94. The first-order chi connectivity index (χ1) is 7.72. The van der Waals surface area contributed by atoms with Crippen LogP contribution >= 0.6 is 0 Å². The lowest BCUT2D eigenvalue weighted by Crippen LogP contribution is -2.35. The number of rotatable bonds is 4. The van der Waals surface area contributed by atoms with Crippen molar-refractivity contribution in [1.82, 2.24) is 10.6 Å². The summed E-state index contributed by atoms with van der Waals surface area (Å²) in [5.41, 5.74) is 0.915. The van der Waals surface area contributed by atoms with Gasteiger partial charge in [0, 0.05) is 6.08 Å². The van der Waals surface area contributed by atoms with Crippen molar-refractivity contribution in [2.75, 3.05) is 13.6 Å². The summed E-state index contributed by atoms with van der Waals surface area (Å²) in [6.07, 6.45) is 2.99. The molecule has 1 aromatic rings. The van der Waals surface area contributed by atoms with E-state index in [0.717, 1.165) is 5.56 Å². The number of hydrogen-bond acceptors (Lipinski definition) is 3. The molecule has 1 aromatic carbocycles. The second kappa shape index (κ2) is 6.53. The van der Waals surface area contributed by atoms with Crippen molar-refractivity contribution >= 4 is 17.9 Å². The average molecular weight is 218 g/mol. The molecule has 0 atom stereocenters. The Morgan fingerprint density at radius 2 is 1.94 bits per heavy atom. The van der Waals surface area contributed by atoms with Crippen LogP contribution in [0.1, 0.15) is 5.56 Å². The van der Waals surface area contributed by atoms with E-state index < -0.39 is 5.91 Å². The van der Waals surface area contributed by atoms with E-state index in [0.29, 0.717) is 0 Å². The van der Waals surface area contributed by atoms with Crippen LogP contribution in [0, 0.1) is 0 Å². The molecule has 4 nitrogen and oxygen atoms in total. The summed E-state index contributed by atoms with van der Waals surface area (Å²) in [6.45, 7) is 0.130. The van der Waals surface area contributed by atoms with E-state index in [9.17, 15) is 9.59 Å². The van der Waals surface area contributed by atoms with Crippen LogP contribution in [0.3, 0.4) is 0 Å². The number of carbonyl (C=O) groups excluding carboxylic acids is 2. The molecule has 84 valence electrons. The maximum atomic E-state index is 11.3. The molecule has 0 unspecified atom stereocenters. The molecule has 2 N–H and O–H groups in total. The minimum atomic E-state index is -0.413. The minimum absolute atomic E-state index is 0.130. The Labute approximate surface area is 94.4 Å². The van der Waals surface area contributed by atoms with E-state index in [2.05, 4.69) is 10.6 Å². The van der Waals surface area contributed by atoms with Crippen LogP contribution in [-0.2, 0) is 9.59 Å². The number of carbonyl (C=O) groups is 2. The highest BCUT2D eigenvalue weighted by atomic mass is 16.2. The summed E-state index contributed by atoms with van der Waals surface area (Å²) in [7, 11) is 1.64. The monoisotopic (exact) mass is 218 g/mol. The molecule has 0 spiro atoms. The van der Waals surface area contributed by atoms with E-state index in [1.807, 2.05) is 30.3 Å². The van der Waals surface area contributed by atoms with E-state index in [1.165, 1.54) is 6.08 Å². The Hall–Kier alpha value is -1.94. The molecule has 0 heterocycles. The van der Waals surface area contributed by atoms with Crippen LogP contribution in [0.25, 0.3) is 6.08 Å². The lowest BCUT2D eigenvalue weighted by molar-refractivity contribution is -0.127. The van der Waals surface area contributed by atoms with Gasteiger partial charge in [0.25, 0.3) is 5.91 Å². The molecule has 0 radical (unpaired) electrons. The van der Waals surface area contributed by atoms with Crippen LogP contribution in [0.5, 0.6) is 0 Å². The zero-order valence-corrected chi connectivity index (χ0v) is 9.07. The summed E-state index contributed by atoms with van der Waals surface area (Å²) >= 11 is 0. The standard InChI is InChI=1S/C12H14N2O2/c1-13-9-12(16)14-11(15)8-7-10-5-3-2-4-6-10/h2-8,13H,9H2,1H3,(H,14,15,16)/b8-7+. The van der Waals surface area contributed by atoms with Crippen molar-refractivity contribution in [2.24, 2.45) is 0 Å². The Kier molecular flexibility index (Phi) is 4.95. The molecule has 0 aromatic heterocycles. The summed E-state index contributed by atoms with van der Waals surface area (Å²) in [5, 5.41) is 4.88. The third kappa shape index (κ3) is 4.52. The highest BCUT2D eigenvalue weighted by molar-refractivity contribution is 6.03. The highest BCUT2D eigenvalue weighted by Crippen LogP contribution is 2.00. The van der Waals surface area contributed by atoms with Gasteiger partial charge in [-0.3, -0.25) is 14.9 Å². The van der Waals surface area contributed by atoms with Crippen LogP contribution in [0.2, 0.25) is 0 Å². The number of benzene rings is 1. The van der Waals surface area contributed by atoms with Gasteiger partial charge in [-0.05, 0) is 18.7 Å². The van der Waals surface area contributed by atoms with Crippen LogP contribution < -0.4 is 10.6 Å². The van der Waals surface area contributed by atoms with E-state index in [1.54, 1.807) is 13.1 Å². The third-order valence-corrected chi connectivity index (χ3v) is 1.83. The quantitative estimate of drug-likeness (QED) is 0.726. The molecular formula is C12H14N2O2. The highest BCUT2D eigenvalue weighted by Gasteiger charge is 2.02. The van der Waals surface area contributed by atoms with Crippen LogP contribution in [-0.4, -0.2) is 25.4 Å². The second-order valence-corrected chi connectivity index (χ2v) is 3.19. The van der Waals surface area contributed by atoms with Gasteiger partial charge in [0.2, 0.25) is 5.91 Å². The zero-order valence-electron chi connectivity index (χ0n) is 9.07. The SMILES string of the molecule is CNCC(=O)NC(=O)/C=C/c1ccccc1. The molecule has 0 bridgehead atoms. The Morgan fingerprint density at radius 3 is 2.56 bits per heavy atom. The van der Waals surface area contributed by atoms with E-state index in [4.69, 9.17) is 0 Å². The third-order valence-electron chi connectivity index (χ3n) is 1.83. The number of amides is 2. The molecule has 0 saturated carbocycles. The van der Waals surface area contributed by atoms with Gasteiger partial charge in [-0.15, -0.1) is 0 Å². The maximum absolute atomic E-state index is 11.3. The fourth-order valence-corrected chi connectivity index (χ4v) is 1.12. The Bertz CT molecular complexity index is 385. The molecule has 0 fully saturated rings. The normalized spacial score (nSPS) is 10.3. The molecule has 4 heteroatoms. The van der Waals surface area contributed by atoms with Gasteiger partial charge < -0.3 is 5.32 Å². The van der Waals surface area contributed by atoms with Crippen molar-refractivity contribution in [2.45, 2.75) is 0 Å². The fourth-order valence-electron chi connectivity index (χ4n) is 1.12. The van der Waals surface area contributed by atoms with Gasteiger partial charge in [-0.1, -0.05) is 30.3 Å². The van der Waals surface area contributed by atoms with Crippen molar-refractivity contribution in [3.05, 3.63) is 42.0 Å². The topological polar surface area (TPSA) is 58.2 Å². The smallest absolute Gasteiger partial charge is 0.250 e. The number of nitrogens with one attached hydrogen (secondary N) is 2. The number of imide groups is 1. The molecule has 1 rings (SSSR count). The largest absolute Gasteiger partial charge is 0.311 e. The lowest BCUT2D eigenvalue weighted by atomic mass is 10.2. The van der Waals surface area contributed by atoms with Gasteiger partial charge in [-0.25, -0.2) is 0 Å². The second-order valence-electron chi connectivity index (χ2n) is 3.19. The van der Waals surface area contributed by atoms with Crippen molar-refractivity contribution in [1.29, 1.82) is 0 Å². The van der Waals surface area contributed by atoms with Gasteiger partial charge in [-0.2, -0.15) is 0 Å². The Morgan fingerprint density at radius 1 is 1.25 bits per heavy atom. The summed E-state index contributed by atoms with van der Waals surface area (Å²) in [4.78, 5) is 22.3. The maximum Gasteiger partial charge on any atom is 0.250 e. The Balaban J connectivity index is 2.46. The van der Waals surface area contributed by atoms with Crippen molar-refractivity contribution in [3.63, 3.8) is 0 Å². The lowest BCUT2D eigenvalue weighted by Gasteiger charge is -1.99. The zero-order chi connectivity index (χ0) is 11.8. The molecule has 0 aliphatic carbocycles. The van der Waals surface area contributed by atoms with Gasteiger partial charge >= 0.3 is 0 Å². The average Bonchev–Trinajstić information content (AvgIpc) is 2.28. The molecule has 16 heavy (non-hydrogen) atoms. The first kappa shape index (κ1) is 12.1. The minimum Gasteiger partial charge on any atom is -0.311 e. The van der Waals surface area contributed by atoms with Crippen LogP contribution in [0.15, 0.2) is 36.4 Å².